The number of amides is 1. The molecule has 1 aromatic rings. The van der Waals surface area contributed by atoms with E-state index in [0.29, 0.717) is 24.3 Å². The maximum absolute atomic E-state index is 13.8. The minimum absolute atomic E-state index is 0.0850. The summed E-state index contributed by atoms with van der Waals surface area (Å²) in [6, 6.07) is 4.52. The highest BCUT2D eigenvalue weighted by Crippen LogP contribution is 2.61. The lowest BCUT2D eigenvalue weighted by Gasteiger charge is -2.59. The number of oxime groups is 1. The molecule has 10 heteroatoms. The summed E-state index contributed by atoms with van der Waals surface area (Å²) in [5.41, 5.74) is 1.75. The number of carbonyl (C=O) groups is 1. The fraction of sp³-hybridized carbons (Fsp3) is 0.684. The van der Waals surface area contributed by atoms with Gasteiger partial charge in [-0.1, -0.05) is 50.9 Å². The van der Waals surface area contributed by atoms with Gasteiger partial charge >= 0.3 is 6.09 Å². The van der Waals surface area contributed by atoms with Crippen LogP contribution in [0.4, 0.5) is 4.79 Å². The number of phenols is 1. The lowest BCUT2D eigenvalue weighted by molar-refractivity contribution is -0.254. The van der Waals surface area contributed by atoms with Gasteiger partial charge in [0, 0.05) is 38.2 Å². The smallest absolute Gasteiger partial charge is 0.410 e. The molecule has 1 aromatic carbocycles. The zero-order valence-corrected chi connectivity index (χ0v) is 30.0. The van der Waals surface area contributed by atoms with Crippen LogP contribution in [-0.4, -0.2) is 82.9 Å². The van der Waals surface area contributed by atoms with Gasteiger partial charge in [-0.3, -0.25) is 0 Å². The minimum atomic E-state index is -1.35. The molecule has 0 radical (unpaired) electrons. The number of hydrogen-bond acceptors (Lipinski definition) is 9. The molecule has 2 aliphatic carbocycles. The monoisotopic (exact) mass is 670 g/mol. The molecule has 4 rings (SSSR count). The summed E-state index contributed by atoms with van der Waals surface area (Å²) in [4.78, 5) is 21.4. The molecule has 0 aromatic heterocycles. The molecular formula is C38H58N2O8. The highest BCUT2D eigenvalue weighted by Gasteiger charge is 2.65. The number of ether oxygens (including phenoxy) is 3. The van der Waals surface area contributed by atoms with Crippen LogP contribution in [0.5, 0.6) is 11.5 Å². The second kappa shape index (κ2) is 15.6. The number of unbranched alkanes of at least 4 members (excludes halogenated alkanes) is 2. The quantitative estimate of drug-likeness (QED) is 0.110. The zero-order valence-electron chi connectivity index (χ0n) is 30.0. The van der Waals surface area contributed by atoms with E-state index in [1.165, 1.54) is 0 Å². The summed E-state index contributed by atoms with van der Waals surface area (Å²) in [6.45, 7) is 16.4. The van der Waals surface area contributed by atoms with Crippen LogP contribution < -0.4 is 4.74 Å². The SMILES string of the molecule is C=CCO[C@@]12Oc3ccc(O)cc3[C@H]3[C@H](CCCCO)[C@@H](CCCCO)C=C(C(=NOC(C)(C)C)C[C@@H]1N(C)C(=O)OCC(C)(C)C)[C@H]32. The van der Waals surface area contributed by atoms with Gasteiger partial charge in [0.05, 0.1) is 24.8 Å². The molecule has 0 unspecified atom stereocenters. The predicted molar refractivity (Wildman–Crippen MR) is 186 cm³/mol. The van der Waals surface area contributed by atoms with E-state index in [0.717, 1.165) is 36.8 Å². The van der Waals surface area contributed by atoms with Gasteiger partial charge < -0.3 is 39.3 Å². The standard InChI is InChI=1S/C38H58N2O8/c1-9-20-46-38-32(40(8)35(44)45-24-36(2,3)4)23-30(39-48-37(5,6)7)28-21-25(14-10-12-18-41)27(15-11-13-19-42)33(34(28)38)29-22-26(43)16-17-31(29)47-38/h9,16-17,21-22,25,27,32-34,41-43H,1,10-15,18-20,23-24H2,2-8H3/t25-,27+,32-,33+,34+,38+/m0/s1. The van der Waals surface area contributed by atoms with Crippen molar-refractivity contribution in [1.82, 2.24) is 4.90 Å². The molecule has 10 nitrogen and oxygen atoms in total. The van der Waals surface area contributed by atoms with E-state index in [1.807, 2.05) is 41.5 Å². The molecule has 3 N–H and O–H groups in total. The number of phenolic OH excluding ortho intramolecular Hbond substituents is 1. The van der Waals surface area contributed by atoms with Gasteiger partial charge in [0.25, 0.3) is 0 Å². The average molecular weight is 671 g/mol. The first-order valence-corrected chi connectivity index (χ1v) is 17.5. The third-order valence-corrected chi connectivity index (χ3v) is 9.47. The van der Waals surface area contributed by atoms with E-state index in [1.54, 1.807) is 36.2 Å². The first-order valence-electron chi connectivity index (χ1n) is 17.5. The normalized spacial score (nSPS) is 27.3. The molecule has 48 heavy (non-hydrogen) atoms. The molecule has 0 bridgehead atoms. The number of aliphatic hydroxyl groups is 2. The first kappa shape index (κ1) is 37.7. The summed E-state index contributed by atoms with van der Waals surface area (Å²) in [5.74, 6) is -1.04. The number of fused-ring (bicyclic) bond motifs is 2. The number of rotatable bonds is 14. The summed E-state index contributed by atoms with van der Waals surface area (Å²) in [7, 11) is 1.72. The highest BCUT2D eigenvalue weighted by atomic mass is 16.7. The van der Waals surface area contributed by atoms with Crippen molar-refractivity contribution in [3.05, 3.63) is 48.1 Å². The summed E-state index contributed by atoms with van der Waals surface area (Å²) in [5, 5.41) is 35.0. The van der Waals surface area contributed by atoms with Crippen LogP contribution in [0.25, 0.3) is 0 Å². The largest absolute Gasteiger partial charge is 0.508 e. The Labute approximate surface area is 286 Å². The molecule has 1 heterocycles. The molecular weight excluding hydrogens is 612 g/mol. The van der Waals surface area contributed by atoms with Gasteiger partial charge in [0.15, 0.2) is 0 Å². The van der Waals surface area contributed by atoms with Crippen molar-refractivity contribution in [3.8, 4) is 11.5 Å². The predicted octanol–water partition coefficient (Wildman–Crippen LogP) is 6.94. The molecule has 0 spiro atoms. The lowest BCUT2D eigenvalue weighted by Crippen LogP contribution is -2.69. The van der Waals surface area contributed by atoms with Crippen molar-refractivity contribution < 1.29 is 39.2 Å². The van der Waals surface area contributed by atoms with Crippen LogP contribution >= 0.6 is 0 Å². The summed E-state index contributed by atoms with van der Waals surface area (Å²) in [6.07, 6.45) is 8.47. The number of aromatic hydroxyl groups is 1. The summed E-state index contributed by atoms with van der Waals surface area (Å²) >= 11 is 0. The van der Waals surface area contributed by atoms with Crippen LogP contribution in [-0.2, 0) is 14.3 Å². The van der Waals surface area contributed by atoms with Crippen LogP contribution in [0.1, 0.15) is 98.0 Å². The van der Waals surface area contributed by atoms with Crippen molar-refractivity contribution in [2.75, 3.05) is 33.5 Å². The zero-order chi connectivity index (χ0) is 35.3. The third-order valence-electron chi connectivity index (χ3n) is 9.47. The molecule has 268 valence electrons. The number of carbonyl (C=O) groups excluding carboxylic acids is 1. The topological polar surface area (TPSA) is 130 Å². The van der Waals surface area contributed by atoms with Gasteiger partial charge in [-0.15, -0.1) is 6.58 Å². The van der Waals surface area contributed by atoms with Crippen molar-refractivity contribution >= 4 is 11.8 Å². The molecule has 0 saturated heterocycles. The van der Waals surface area contributed by atoms with E-state index in [4.69, 9.17) is 24.2 Å². The van der Waals surface area contributed by atoms with E-state index >= 15 is 0 Å². The van der Waals surface area contributed by atoms with E-state index < -0.39 is 29.4 Å². The Morgan fingerprint density at radius 3 is 2.42 bits per heavy atom. The van der Waals surface area contributed by atoms with E-state index in [-0.39, 0.29) is 61.8 Å². The van der Waals surface area contributed by atoms with Crippen molar-refractivity contribution in [2.24, 2.45) is 28.3 Å². The number of benzene rings is 1. The van der Waals surface area contributed by atoms with Crippen LogP contribution in [0.3, 0.4) is 0 Å². The molecule has 6 atom stereocenters. The second-order valence-electron chi connectivity index (χ2n) is 15.7. The Hall–Kier alpha value is -3.08. The Kier molecular flexibility index (Phi) is 12.3. The van der Waals surface area contributed by atoms with E-state index in [9.17, 15) is 20.1 Å². The maximum Gasteiger partial charge on any atom is 0.410 e. The fourth-order valence-corrected chi connectivity index (χ4v) is 7.44. The number of nitrogens with zero attached hydrogens (tertiary/aromatic N) is 2. The van der Waals surface area contributed by atoms with Crippen molar-refractivity contribution in [1.29, 1.82) is 0 Å². The van der Waals surface area contributed by atoms with Crippen LogP contribution in [0, 0.1) is 23.2 Å². The van der Waals surface area contributed by atoms with E-state index in [2.05, 4.69) is 12.7 Å². The fourth-order valence-electron chi connectivity index (χ4n) is 7.44. The summed E-state index contributed by atoms with van der Waals surface area (Å²) < 4.78 is 19.7. The van der Waals surface area contributed by atoms with Crippen molar-refractivity contribution in [2.45, 2.75) is 110 Å². The number of allylic oxidation sites excluding steroid dienone is 1. The average Bonchev–Trinajstić information content (AvgIpc) is 3.02. The number of likely N-dealkylation sites (N-methyl/N-ethyl adjacent to an activating group) is 1. The number of hydrogen-bond donors (Lipinski definition) is 3. The second-order valence-corrected chi connectivity index (χ2v) is 15.7. The van der Waals surface area contributed by atoms with Gasteiger partial charge in [0.1, 0.15) is 23.1 Å². The lowest BCUT2D eigenvalue weighted by atomic mass is 9.55. The van der Waals surface area contributed by atoms with Crippen molar-refractivity contribution in [3.63, 3.8) is 0 Å². The number of aliphatic hydroxyl groups excluding tert-OH is 2. The molecule has 1 amide bonds. The van der Waals surface area contributed by atoms with Crippen LogP contribution in [0.2, 0.25) is 0 Å². The Bertz CT molecular complexity index is 1330. The van der Waals surface area contributed by atoms with Gasteiger partial charge in [-0.25, -0.2) is 4.79 Å². The Morgan fingerprint density at radius 2 is 1.79 bits per heavy atom. The minimum Gasteiger partial charge on any atom is -0.508 e. The third kappa shape index (κ3) is 8.55. The molecule has 1 saturated carbocycles. The maximum atomic E-state index is 13.8. The molecule has 1 fully saturated rings. The Morgan fingerprint density at radius 1 is 1.10 bits per heavy atom. The first-order chi connectivity index (χ1) is 22.7. The Balaban J connectivity index is 1.98. The van der Waals surface area contributed by atoms with Gasteiger partial charge in [0.2, 0.25) is 5.79 Å². The van der Waals surface area contributed by atoms with Gasteiger partial charge in [-0.05, 0) is 87.5 Å². The highest BCUT2D eigenvalue weighted by molar-refractivity contribution is 6.02. The van der Waals surface area contributed by atoms with Gasteiger partial charge in [-0.2, -0.15) is 0 Å². The molecule has 1 aliphatic heterocycles. The van der Waals surface area contributed by atoms with Crippen LogP contribution in [0.15, 0.2) is 47.7 Å². The molecule has 3 aliphatic rings.